The molecule has 104 valence electrons. The van der Waals surface area contributed by atoms with Crippen molar-refractivity contribution in [1.29, 1.82) is 0 Å². The number of halogens is 1. The molecule has 2 aromatic rings. The Morgan fingerprint density at radius 2 is 1.90 bits per heavy atom. The first-order valence-electron chi connectivity index (χ1n) is 6.62. The highest BCUT2D eigenvalue weighted by Crippen LogP contribution is 2.23. The van der Waals surface area contributed by atoms with E-state index in [-0.39, 0.29) is 0 Å². The third-order valence-electron chi connectivity index (χ3n) is 2.88. The van der Waals surface area contributed by atoms with Crippen molar-refractivity contribution >= 4 is 22.0 Å². The minimum Gasteiger partial charge on any atom is -0.489 e. The largest absolute Gasteiger partial charge is 0.489 e. The summed E-state index contributed by atoms with van der Waals surface area (Å²) >= 11 is 3.47. The van der Waals surface area contributed by atoms with Crippen LogP contribution < -0.4 is 10.5 Å². The van der Waals surface area contributed by atoms with Crippen LogP contribution in [-0.2, 0) is 6.42 Å². The second-order valence-corrected chi connectivity index (χ2v) is 5.33. The van der Waals surface area contributed by atoms with E-state index in [0.717, 1.165) is 22.2 Å². The van der Waals surface area contributed by atoms with E-state index in [4.69, 9.17) is 10.5 Å². The maximum absolute atomic E-state index is 5.80. The van der Waals surface area contributed by atoms with Gasteiger partial charge in [-0.1, -0.05) is 52.3 Å². The molecule has 0 atom stereocenters. The molecule has 0 aliphatic carbocycles. The molecule has 0 aromatic heterocycles. The highest BCUT2D eigenvalue weighted by atomic mass is 79.9. The lowest BCUT2D eigenvalue weighted by molar-refractivity contribution is 0.359. The smallest absolute Gasteiger partial charge is 0.123 e. The highest BCUT2D eigenvalue weighted by molar-refractivity contribution is 9.10. The molecule has 0 saturated carbocycles. The number of hydrogen-bond donors (Lipinski definition) is 1. The predicted molar refractivity (Wildman–Crippen MR) is 87.9 cm³/mol. The maximum Gasteiger partial charge on any atom is 0.123 e. The third kappa shape index (κ3) is 4.51. The van der Waals surface area contributed by atoms with Crippen LogP contribution in [0.5, 0.6) is 5.75 Å². The van der Waals surface area contributed by atoms with E-state index in [1.807, 2.05) is 36.4 Å². The topological polar surface area (TPSA) is 35.2 Å². The molecule has 0 spiro atoms. The van der Waals surface area contributed by atoms with Crippen LogP contribution in [0.3, 0.4) is 0 Å². The van der Waals surface area contributed by atoms with Crippen LogP contribution in [0.25, 0.3) is 6.08 Å². The average molecular weight is 332 g/mol. The molecule has 0 aliphatic rings. The second-order valence-electron chi connectivity index (χ2n) is 4.41. The van der Waals surface area contributed by atoms with Crippen LogP contribution in [0.4, 0.5) is 0 Å². The van der Waals surface area contributed by atoms with Crippen molar-refractivity contribution in [3.05, 3.63) is 70.2 Å². The number of ether oxygens (including phenoxy) is 1. The Labute approximate surface area is 128 Å². The molecule has 0 bridgehead atoms. The van der Waals surface area contributed by atoms with Gasteiger partial charge >= 0.3 is 0 Å². The molecule has 0 unspecified atom stereocenters. The van der Waals surface area contributed by atoms with Gasteiger partial charge in [0.2, 0.25) is 0 Å². The molecule has 0 aliphatic heterocycles. The first kappa shape index (κ1) is 14.8. The minimum atomic E-state index is 0.550. The van der Waals surface area contributed by atoms with Crippen molar-refractivity contribution in [3.63, 3.8) is 0 Å². The first-order valence-corrected chi connectivity index (χ1v) is 7.42. The summed E-state index contributed by atoms with van der Waals surface area (Å²) in [5.74, 6) is 0.899. The molecule has 2 nitrogen and oxygen atoms in total. The summed E-state index contributed by atoms with van der Waals surface area (Å²) in [5, 5.41) is 0. The van der Waals surface area contributed by atoms with Gasteiger partial charge in [-0.3, -0.25) is 0 Å². The van der Waals surface area contributed by atoms with Gasteiger partial charge in [-0.05, 0) is 48.4 Å². The Morgan fingerprint density at radius 3 is 2.65 bits per heavy atom. The van der Waals surface area contributed by atoms with Crippen LogP contribution in [0.2, 0.25) is 0 Å². The number of rotatable bonds is 6. The highest BCUT2D eigenvalue weighted by Gasteiger charge is 2.03. The van der Waals surface area contributed by atoms with Crippen molar-refractivity contribution in [2.45, 2.75) is 6.42 Å². The Morgan fingerprint density at radius 1 is 1.10 bits per heavy atom. The molecule has 0 radical (unpaired) electrons. The third-order valence-corrected chi connectivity index (χ3v) is 3.37. The van der Waals surface area contributed by atoms with Gasteiger partial charge in [-0.2, -0.15) is 0 Å². The normalized spacial score (nSPS) is 10.9. The summed E-state index contributed by atoms with van der Waals surface area (Å²) in [6.07, 6.45) is 4.89. The fraction of sp³-hybridized carbons (Fsp3) is 0.176. The summed E-state index contributed by atoms with van der Waals surface area (Å²) < 4.78 is 6.85. The zero-order chi connectivity index (χ0) is 14.2. The zero-order valence-electron chi connectivity index (χ0n) is 11.3. The average Bonchev–Trinajstić information content (AvgIpc) is 2.47. The number of nitrogens with two attached hydrogens (primary N) is 1. The van der Waals surface area contributed by atoms with Crippen molar-refractivity contribution in [2.24, 2.45) is 5.73 Å². The van der Waals surface area contributed by atoms with Crippen LogP contribution in [0.1, 0.15) is 11.1 Å². The number of benzene rings is 2. The summed E-state index contributed by atoms with van der Waals surface area (Å²) in [6, 6.07) is 16.2. The molecule has 2 rings (SSSR count). The summed E-state index contributed by atoms with van der Waals surface area (Å²) in [5.41, 5.74) is 7.93. The predicted octanol–water partition coefficient (Wildman–Crippen LogP) is 4.04. The Bertz CT molecular complexity index is 566. The second kappa shape index (κ2) is 7.88. The van der Waals surface area contributed by atoms with Gasteiger partial charge in [0.15, 0.2) is 0 Å². The first-order chi connectivity index (χ1) is 9.79. The summed E-state index contributed by atoms with van der Waals surface area (Å²) in [6.45, 7) is 1.17. The Hall–Kier alpha value is -1.58. The molecule has 2 aromatic carbocycles. The van der Waals surface area contributed by atoms with Gasteiger partial charge in [-0.25, -0.2) is 0 Å². The lowest BCUT2D eigenvalue weighted by Gasteiger charge is -2.10. The molecule has 2 N–H and O–H groups in total. The van der Waals surface area contributed by atoms with E-state index in [9.17, 15) is 0 Å². The molecule has 0 fully saturated rings. The Kier molecular flexibility index (Phi) is 5.84. The Balaban J connectivity index is 1.95. The van der Waals surface area contributed by atoms with E-state index in [0.29, 0.717) is 13.2 Å². The maximum atomic E-state index is 5.80. The lowest BCUT2D eigenvalue weighted by atomic mass is 10.1. The lowest BCUT2D eigenvalue weighted by Crippen LogP contribution is -2.05. The number of hydrogen-bond acceptors (Lipinski definition) is 2. The van der Waals surface area contributed by atoms with Crippen molar-refractivity contribution in [2.75, 3.05) is 13.2 Å². The van der Waals surface area contributed by atoms with Crippen LogP contribution in [0, 0.1) is 0 Å². The SMILES string of the molecule is NCCc1cc(Br)ccc1OC/C=C/c1ccccc1. The molecule has 3 heteroatoms. The van der Waals surface area contributed by atoms with E-state index in [2.05, 4.69) is 40.2 Å². The van der Waals surface area contributed by atoms with Gasteiger partial charge in [0.1, 0.15) is 12.4 Å². The van der Waals surface area contributed by atoms with Gasteiger partial charge in [0.05, 0.1) is 0 Å². The fourth-order valence-corrected chi connectivity index (χ4v) is 2.33. The molecule has 0 amide bonds. The van der Waals surface area contributed by atoms with E-state index in [1.54, 1.807) is 0 Å². The fourth-order valence-electron chi connectivity index (χ4n) is 1.93. The van der Waals surface area contributed by atoms with E-state index >= 15 is 0 Å². The van der Waals surface area contributed by atoms with Gasteiger partial charge in [0.25, 0.3) is 0 Å². The quantitative estimate of drug-likeness (QED) is 0.866. The van der Waals surface area contributed by atoms with E-state index in [1.165, 1.54) is 5.56 Å². The van der Waals surface area contributed by atoms with Gasteiger partial charge < -0.3 is 10.5 Å². The van der Waals surface area contributed by atoms with Gasteiger partial charge in [-0.15, -0.1) is 0 Å². The summed E-state index contributed by atoms with van der Waals surface area (Å²) in [7, 11) is 0. The van der Waals surface area contributed by atoms with Crippen molar-refractivity contribution < 1.29 is 4.74 Å². The monoisotopic (exact) mass is 331 g/mol. The van der Waals surface area contributed by atoms with Crippen molar-refractivity contribution in [3.8, 4) is 5.75 Å². The molecular formula is C17H18BrNO. The summed E-state index contributed by atoms with van der Waals surface area (Å²) in [4.78, 5) is 0. The van der Waals surface area contributed by atoms with Crippen LogP contribution in [-0.4, -0.2) is 13.2 Å². The van der Waals surface area contributed by atoms with Crippen LogP contribution >= 0.6 is 15.9 Å². The minimum absolute atomic E-state index is 0.550. The molecule has 20 heavy (non-hydrogen) atoms. The standard InChI is InChI=1S/C17H18BrNO/c18-16-8-9-17(15(13-16)10-11-19)20-12-4-7-14-5-2-1-3-6-14/h1-9,13H,10-12,19H2/b7-4+. The molecule has 0 heterocycles. The van der Waals surface area contributed by atoms with E-state index < -0.39 is 0 Å². The van der Waals surface area contributed by atoms with Gasteiger partial charge in [0, 0.05) is 4.47 Å². The van der Waals surface area contributed by atoms with Crippen LogP contribution in [0.15, 0.2) is 59.1 Å². The molecule has 0 saturated heterocycles. The van der Waals surface area contributed by atoms with Crippen molar-refractivity contribution in [1.82, 2.24) is 0 Å². The zero-order valence-corrected chi connectivity index (χ0v) is 12.8. The molecular weight excluding hydrogens is 314 g/mol.